The lowest BCUT2D eigenvalue weighted by Crippen LogP contribution is -2.33. The van der Waals surface area contributed by atoms with E-state index in [1.807, 2.05) is 24.3 Å². The molecule has 49 heavy (non-hydrogen) atoms. The minimum Gasteiger partial charge on any atom is -0.461 e. The van der Waals surface area contributed by atoms with Crippen LogP contribution in [-0.2, 0) is 52.2 Å². The molecule has 2 heterocycles. The third-order valence-corrected chi connectivity index (χ3v) is 8.47. The standard InChI is InChI=1S/C38H28O11/c1-19(39)44-17-28-26-15-35-31(13-23(26)9-11-33(28)46-21(3)41)38(30-8-6-5-7-25(30)37(43)49-38)32-14-24-10-12-34(47-22(4)42)29(18-45-20(2)40)27(24)16-36(32)48-35/h5-16H,17-18H2,1-4H3. The Morgan fingerprint density at radius 3 is 1.57 bits per heavy atom. The molecule has 0 radical (unpaired) electrons. The van der Waals surface area contributed by atoms with Crippen LogP contribution in [0.3, 0.4) is 0 Å². The number of fused-ring (bicyclic) bond motifs is 8. The van der Waals surface area contributed by atoms with E-state index in [0.717, 1.165) is 0 Å². The summed E-state index contributed by atoms with van der Waals surface area (Å²) in [5.41, 5.74) is 1.52. The first kappa shape index (κ1) is 31.4. The summed E-state index contributed by atoms with van der Waals surface area (Å²) in [4.78, 5) is 61.1. The number of rotatable bonds is 6. The molecule has 0 saturated carbocycles. The molecule has 2 aliphatic heterocycles. The van der Waals surface area contributed by atoms with E-state index in [-0.39, 0.29) is 24.7 Å². The molecule has 0 amide bonds. The number of carbonyl (C=O) groups excluding carboxylic acids is 5. The van der Waals surface area contributed by atoms with Gasteiger partial charge in [0.15, 0.2) is 5.60 Å². The molecule has 2 aliphatic rings. The Labute approximate surface area is 279 Å². The van der Waals surface area contributed by atoms with Crippen LogP contribution in [-0.4, -0.2) is 29.8 Å². The van der Waals surface area contributed by atoms with Crippen LogP contribution in [0.4, 0.5) is 0 Å². The lowest BCUT2D eigenvalue weighted by Gasteiger charge is -2.37. The zero-order chi connectivity index (χ0) is 34.6. The Hall–Kier alpha value is -6.23. The van der Waals surface area contributed by atoms with Crippen LogP contribution in [0.5, 0.6) is 23.0 Å². The predicted octanol–water partition coefficient (Wildman–Crippen LogP) is 6.54. The molecule has 0 aliphatic carbocycles. The SMILES string of the molecule is CC(=O)OCc1c(OC(C)=O)ccc2cc3c(cc12)Oc1cc2c(COC(C)=O)c(OC(C)=O)ccc2cc1C31OC(=O)c2ccccc21. The molecule has 7 rings (SSSR count). The Morgan fingerprint density at radius 2 is 1.10 bits per heavy atom. The largest absolute Gasteiger partial charge is 0.461 e. The van der Waals surface area contributed by atoms with Crippen LogP contribution < -0.4 is 14.2 Å². The molecule has 0 unspecified atom stereocenters. The topological polar surface area (TPSA) is 141 Å². The summed E-state index contributed by atoms with van der Waals surface area (Å²) in [7, 11) is 0. The summed E-state index contributed by atoms with van der Waals surface area (Å²) in [5, 5.41) is 2.50. The van der Waals surface area contributed by atoms with Crippen LogP contribution in [0.1, 0.15) is 65.9 Å². The quantitative estimate of drug-likeness (QED) is 0.111. The summed E-state index contributed by atoms with van der Waals surface area (Å²) in [6.45, 7) is 4.74. The number of ether oxygens (including phenoxy) is 6. The highest BCUT2D eigenvalue weighted by Crippen LogP contribution is 2.58. The maximum absolute atomic E-state index is 13.5. The number of hydrogen-bond donors (Lipinski definition) is 0. The Bertz CT molecular complexity index is 2160. The fourth-order valence-corrected chi connectivity index (χ4v) is 6.54. The van der Waals surface area contributed by atoms with Crippen LogP contribution >= 0.6 is 0 Å². The van der Waals surface area contributed by atoms with Crippen molar-refractivity contribution in [1.29, 1.82) is 0 Å². The highest BCUT2D eigenvalue weighted by atomic mass is 16.6. The number of benzene rings is 5. The first-order chi connectivity index (χ1) is 23.5. The third kappa shape index (κ3) is 5.29. The van der Waals surface area contributed by atoms with Crippen molar-refractivity contribution < 1.29 is 52.4 Å². The first-order valence-corrected chi connectivity index (χ1v) is 15.3. The van der Waals surface area contributed by atoms with Crippen molar-refractivity contribution in [2.24, 2.45) is 0 Å². The fourth-order valence-electron chi connectivity index (χ4n) is 6.54. The second-order valence-electron chi connectivity index (χ2n) is 11.7. The van der Waals surface area contributed by atoms with Gasteiger partial charge in [0.1, 0.15) is 36.2 Å². The zero-order valence-corrected chi connectivity index (χ0v) is 26.8. The van der Waals surface area contributed by atoms with E-state index >= 15 is 0 Å². The monoisotopic (exact) mass is 660 g/mol. The van der Waals surface area contributed by atoms with Gasteiger partial charge in [-0.15, -0.1) is 0 Å². The maximum atomic E-state index is 13.5. The zero-order valence-electron chi connectivity index (χ0n) is 26.8. The van der Waals surface area contributed by atoms with Gasteiger partial charge in [-0.3, -0.25) is 19.2 Å². The molecule has 0 saturated heterocycles. The summed E-state index contributed by atoms with van der Waals surface area (Å²) >= 11 is 0. The van der Waals surface area contributed by atoms with Crippen LogP contribution in [0, 0.1) is 0 Å². The van der Waals surface area contributed by atoms with Gasteiger partial charge >= 0.3 is 29.8 Å². The van der Waals surface area contributed by atoms with Gasteiger partial charge in [-0.25, -0.2) is 4.79 Å². The van der Waals surface area contributed by atoms with Gasteiger partial charge in [0, 0.05) is 55.5 Å². The average Bonchev–Trinajstić information content (AvgIpc) is 3.34. The van der Waals surface area contributed by atoms with E-state index in [1.54, 1.807) is 48.5 Å². The lowest BCUT2D eigenvalue weighted by atomic mass is 9.76. The molecule has 0 fully saturated rings. The summed E-state index contributed by atoms with van der Waals surface area (Å²) < 4.78 is 34.6. The molecule has 0 atom stereocenters. The molecule has 1 spiro atoms. The van der Waals surface area contributed by atoms with E-state index in [2.05, 4.69) is 0 Å². The second kappa shape index (κ2) is 11.8. The van der Waals surface area contributed by atoms with Crippen molar-refractivity contribution in [2.45, 2.75) is 46.5 Å². The minimum absolute atomic E-state index is 0.184. The van der Waals surface area contributed by atoms with E-state index in [9.17, 15) is 24.0 Å². The highest BCUT2D eigenvalue weighted by Gasteiger charge is 2.53. The molecule has 0 bridgehead atoms. The summed E-state index contributed by atoms with van der Waals surface area (Å²) in [6.07, 6.45) is 0. The number of hydrogen-bond acceptors (Lipinski definition) is 11. The lowest BCUT2D eigenvalue weighted by molar-refractivity contribution is -0.143. The predicted molar refractivity (Wildman–Crippen MR) is 173 cm³/mol. The average molecular weight is 661 g/mol. The van der Waals surface area contributed by atoms with Crippen LogP contribution in [0.2, 0.25) is 0 Å². The molecular weight excluding hydrogens is 632 g/mol. The van der Waals surface area contributed by atoms with Gasteiger partial charge < -0.3 is 28.4 Å². The Balaban J connectivity index is 1.52. The first-order valence-electron chi connectivity index (χ1n) is 15.3. The van der Waals surface area contributed by atoms with Gasteiger partial charge in [-0.2, -0.15) is 0 Å². The molecule has 11 heteroatoms. The molecule has 0 N–H and O–H groups in total. The van der Waals surface area contributed by atoms with Crippen molar-refractivity contribution in [1.82, 2.24) is 0 Å². The van der Waals surface area contributed by atoms with Crippen molar-refractivity contribution in [3.8, 4) is 23.0 Å². The molecule has 11 nitrogen and oxygen atoms in total. The van der Waals surface area contributed by atoms with Crippen molar-refractivity contribution in [2.75, 3.05) is 0 Å². The summed E-state index contributed by atoms with van der Waals surface area (Å²) in [5.74, 6) is -1.59. The highest BCUT2D eigenvalue weighted by molar-refractivity contribution is 6.00. The van der Waals surface area contributed by atoms with E-state index in [1.165, 1.54) is 27.7 Å². The normalized spacial score (nSPS) is 13.5. The maximum Gasteiger partial charge on any atom is 0.340 e. The van der Waals surface area contributed by atoms with Crippen molar-refractivity contribution in [3.05, 3.63) is 106 Å². The number of carbonyl (C=O) groups is 5. The van der Waals surface area contributed by atoms with Gasteiger partial charge in [0.05, 0.1) is 5.56 Å². The van der Waals surface area contributed by atoms with Crippen LogP contribution in [0.25, 0.3) is 21.5 Å². The molecule has 0 aromatic heterocycles. The smallest absolute Gasteiger partial charge is 0.340 e. The summed E-state index contributed by atoms with van der Waals surface area (Å²) in [6, 6.07) is 21.0. The van der Waals surface area contributed by atoms with E-state index < -0.39 is 35.4 Å². The minimum atomic E-state index is -1.44. The molecule has 246 valence electrons. The van der Waals surface area contributed by atoms with Crippen molar-refractivity contribution >= 4 is 51.4 Å². The fraction of sp³-hybridized carbons (Fsp3) is 0.184. The van der Waals surface area contributed by atoms with Gasteiger partial charge in [-0.1, -0.05) is 30.3 Å². The van der Waals surface area contributed by atoms with Crippen LogP contribution in [0.15, 0.2) is 72.8 Å². The van der Waals surface area contributed by atoms with Crippen molar-refractivity contribution in [3.63, 3.8) is 0 Å². The van der Waals surface area contributed by atoms with E-state index in [4.69, 9.17) is 28.4 Å². The van der Waals surface area contributed by atoms with Gasteiger partial charge in [0.25, 0.3) is 0 Å². The molecule has 5 aromatic rings. The molecule has 5 aromatic carbocycles. The molecular formula is C38H28O11. The van der Waals surface area contributed by atoms with Gasteiger partial charge in [0.2, 0.25) is 0 Å². The number of esters is 5. The third-order valence-electron chi connectivity index (χ3n) is 8.47. The second-order valence-corrected chi connectivity index (χ2v) is 11.7. The Morgan fingerprint density at radius 1 is 0.612 bits per heavy atom. The van der Waals surface area contributed by atoms with E-state index in [0.29, 0.717) is 66.4 Å². The Kier molecular flexibility index (Phi) is 7.54. The van der Waals surface area contributed by atoms with Gasteiger partial charge in [-0.05, 0) is 64.0 Å².